The van der Waals surface area contributed by atoms with E-state index in [2.05, 4.69) is 45.4 Å². The van der Waals surface area contributed by atoms with Crippen molar-refractivity contribution >= 4 is 5.96 Å². The average Bonchev–Trinajstić information content (AvgIpc) is 2.81. The first-order valence-corrected chi connectivity index (χ1v) is 11.6. The maximum absolute atomic E-state index is 5.70. The number of methoxy groups -OCH3 is 1. The van der Waals surface area contributed by atoms with Crippen LogP contribution in [-0.2, 0) is 4.74 Å². The minimum Gasteiger partial charge on any atom is -0.496 e. The number of piperidine rings is 1. The third-order valence-electron chi connectivity index (χ3n) is 6.57. The number of nitrogens with zero attached hydrogens (tertiary/aromatic N) is 3. The zero-order chi connectivity index (χ0) is 21.2. The van der Waals surface area contributed by atoms with Gasteiger partial charge in [0.1, 0.15) is 5.75 Å². The van der Waals surface area contributed by atoms with Gasteiger partial charge >= 0.3 is 0 Å². The van der Waals surface area contributed by atoms with E-state index >= 15 is 0 Å². The molecule has 168 valence electrons. The van der Waals surface area contributed by atoms with Gasteiger partial charge in [0.05, 0.1) is 13.2 Å². The molecule has 0 aliphatic carbocycles. The van der Waals surface area contributed by atoms with Crippen LogP contribution in [0.5, 0.6) is 5.75 Å². The lowest BCUT2D eigenvalue weighted by Crippen LogP contribution is -2.45. The summed E-state index contributed by atoms with van der Waals surface area (Å²) in [4.78, 5) is 9.43. The summed E-state index contributed by atoms with van der Waals surface area (Å²) >= 11 is 0. The zero-order valence-corrected chi connectivity index (χ0v) is 19.1. The number of hydrogen-bond acceptors (Lipinski definition) is 4. The molecule has 0 saturated carbocycles. The first kappa shape index (κ1) is 22.9. The fourth-order valence-corrected chi connectivity index (χ4v) is 4.70. The number of rotatable bonds is 8. The maximum Gasteiger partial charge on any atom is 0.193 e. The van der Waals surface area contributed by atoms with Gasteiger partial charge in [-0.05, 0) is 57.2 Å². The molecule has 1 atom stereocenters. The van der Waals surface area contributed by atoms with Crippen LogP contribution < -0.4 is 10.1 Å². The van der Waals surface area contributed by atoms with E-state index in [1.165, 1.54) is 44.1 Å². The van der Waals surface area contributed by atoms with Gasteiger partial charge in [-0.1, -0.05) is 24.6 Å². The number of para-hydroxylation sites is 1. The molecule has 2 saturated heterocycles. The summed E-state index contributed by atoms with van der Waals surface area (Å²) in [5.41, 5.74) is 1.26. The van der Waals surface area contributed by atoms with Crippen molar-refractivity contribution in [3.63, 3.8) is 0 Å². The van der Waals surface area contributed by atoms with Crippen molar-refractivity contribution in [3.05, 3.63) is 29.8 Å². The SMILES string of the molecule is CN=C(NCC(c1ccccc1OC)N1CCCCC1)N(C)CCC1CCOCC1. The second kappa shape index (κ2) is 12.2. The Bertz CT molecular complexity index is 654. The molecule has 3 rings (SSSR count). The minimum absolute atomic E-state index is 0.280. The van der Waals surface area contributed by atoms with Crippen molar-refractivity contribution in [1.29, 1.82) is 0 Å². The van der Waals surface area contributed by atoms with Gasteiger partial charge in [0.15, 0.2) is 5.96 Å². The Hall–Kier alpha value is -1.79. The van der Waals surface area contributed by atoms with Crippen molar-refractivity contribution in [2.75, 3.05) is 60.6 Å². The summed E-state index contributed by atoms with van der Waals surface area (Å²) in [7, 11) is 5.79. The molecule has 1 N–H and O–H groups in total. The van der Waals surface area contributed by atoms with E-state index in [1.807, 2.05) is 13.1 Å². The predicted octanol–water partition coefficient (Wildman–Crippen LogP) is 3.55. The van der Waals surface area contributed by atoms with E-state index in [-0.39, 0.29) is 6.04 Å². The molecule has 2 aliphatic heterocycles. The fraction of sp³-hybridized carbons (Fsp3) is 0.708. The van der Waals surface area contributed by atoms with Crippen molar-refractivity contribution in [2.45, 2.75) is 44.6 Å². The van der Waals surface area contributed by atoms with Crippen LogP contribution in [0, 0.1) is 5.92 Å². The monoisotopic (exact) mass is 416 g/mol. The van der Waals surface area contributed by atoms with Crippen LogP contribution in [0.3, 0.4) is 0 Å². The van der Waals surface area contributed by atoms with Gasteiger partial charge in [-0.2, -0.15) is 0 Å². The van der Waals surface area contributed by atoms with Crippen LogP contribution in [0.2, 0.25) is 0 Å². The number of hydrogen-bond donors (Lipinski definition) is 1. The van der Waals surface area contributed by atoms with E-state index in [9.17, 15) is 0 Å². The Kier molecular flexibility index (Phi) is 9.27. The molecule has 1 unspecified atom stereocenters. The van der Waals surface area contributed by atoms with Gasteiger partial charge in [0.2, 0.25) is 0 Å². The van der Waals surface area contributed by atoms with Gasteiger partial charge in [-0.3, -0.25) is 9.89 Å². The van der Waals surface area contributed by atoms with Gasteiger partial charge in [0.25, 0.3) is 0 Å². The highest BCUT2D eigenvalue weighted by atomic mass is 16.5. The molecular formula is C24H40N4O2. The van der Waals surface area contributed by atoms with Crippen molar-refractivity contribution < 1.29 is 9.47 Å². The highest BCUT2D eigenvalue weighted by Crippen LogP contribution is 2.31. The molecule has 0 radical (unpaired) electrons. The molecule has 1 aromatic carbocycles. The predicted molar refractivity (Wildman–Crippen MR) is 123 cm³/mol. The summed E-state index contributed by atoms with van der Waals surface area (Å²) in [5, 5.41) is 3.66. The van der Waals surface area contributed by atoms with E-state index in [1.54, 1.807) is 7.11 Å². The first-order chi connectivity index (χ1) is 14.7. The highest BCUT2D eigenvalue weighted by Gasteiger charge is 2.25. The molecule has 0 spiro atoms. The van der Waals surface area contributed by atoms with Crippen molar-refractivity contribution in [2.24, 2.45) is 10.9 Å². The van der Waals surface area contributed by atoms with Crippen LogP contribution in [0.1, 0.15) is 50.1 Å². The number of aliphatic imine (C=N–C) groups is 1. The Balaban J connectivity index is 1.62. The average molecular weight is 417 g/mol. The third-order valence-corrected chi connectivity index (χ3v) is 6.57. The molecule has 0 aromatic heterocycles. The minimum atomic E-state index is 0.280. The standard InChI is InChI=1S/C24H40N4O2/c1-25-24(27(2)16-11-20-12-17-30-18-13-20)26-19-22(28-14-7-4-8-15-28)21-9-5-6-10-23(21)29-3/h5-6,9-10,20,22H,4,7-8,11-19H2,1-3H3,(H,25,26). The summed E-state index contributed by atoms with van der Waals surface area (Å²) in [6, 6.07) is 8.72. The Morgan fingerprint density at radius 3 is 2.67 bits per heavy atom. The van der Waals surface area contributed by atoms with Crippen LogP contribution in [0.15, 0.2) is 29.3 Å². The van der Waals surface area contributed by atoms with Crippen LogP contribution in [0.4, 0.5) is 0 Å². The lowest BCUT2D eigenvalue weighted by Gasteiger charge is -2.36. The maximum atomic E-state index is 5.70. The smallest absolute Gasteiger partial charge is 0.193 e. The van der Waals surface area contributed by atoms with E-state index in [0.29, 0.717) is 0 Å². The summed E-state index contributed by atoms with van der Waals surface area (Å²) in [6.07, 6.45) is 7.44. The van der Waals surface area contributed by atoms with Crippen molar-refractivity contribution in [3.8, 4) is 5.75 Å². The lowest BCUT2D eigenvalue weighted by atomic mass is 9.96. The number of nitrogens with one attached hydrogen (secondary N) is 1. The largest absolute Gasteiger partial charge is 0.496 e. The molecular weight excluding hydrogens is 376 g/mol. The Morgan fingerprint density at radius 1 is 1.23 bits per heavy atom. The number of likely N-dealkylation sites (tertiary alicyclic amines) is 1. The normalized spacial score (nSPS) is 20.0. The number of guanidine groups is 1. The highest BCUT2D eigenvalue weighted by molar-refractivity contribution is 5.79. The number of ether oxygens (including phenoxy) is 2. The summed E-state index contributed by atoms with van der Waals surface area (Å²) in [6.45, 7) is 5.96. The molecule has 2 aliphatic rings. The third kappa shape index (κ3) is 6.35. The molecule has 0 amide bonds. The first-order valence-electron chi connectivity index (χ1n) is 11.6. The molecule has 6 heteroatoms. The molecule has 2 fully saturated rings. The zero-order valence-electron chi connectivity index (χ0n) is 19.1. The quantitative estimate of drug-likeness (QED) is 0.519. The molecule has 30 heavy (non-hydrogen) atoms. The molecule has 6 nitrogen and oxygen atoms in total. The van der Waals surface area contributed by atoms with E-state index in [4.69, 9.17) is 9.47 Å². The van der Waals surface area contributed by atoms with Crippen molar-refractivity contribution in [1.82, 2.24) is 15.1 Å². The Morgan fingerprint density at radius 2 is 1.97 bits per heavy atom. The second-order valence-electron chi connectivity index (χ2n) is 8.55. The lowest BCUT2D eigenvalue weighted by molar-refractivity contribution is 0.0625. The van der Waals surface area contributed by atoms with Gasteiger partial charge < -0.3 is 19.7 Å². The summed E-state index contributed by atoms with van der Waals surface area (Å²) < 4.78 is 11.2. The van der Waals surface area contributed by atoms with Crippen LogP contribution in [0.25, 0.3) is 0 Å². The molecule has 2 heterocycles. The van der Waals surface area contributed by atoms with Gasteiger partial charge in [-0.25, -0.2) is 0 Å². The van der Waals surface area contributed by atoms with E-state index < -0.39 is 0 Å². The summed E-state index contributed by atoms with van der Waals surface area (Å²) in [5.74, 6) is 2.71. The van der Waals surface area contributed by atoms with E-state index in [0.717, 1.165) is 57.0 Å². The molecule has 1 aromatic rings. The van der Waals surface area contributed by atoms with Gasteiger partial charge in [-0.15, -0.1) is 0 Å². The Labute approximate surface area is 182 Å². The van der Waals surface area contributed by atoms with Crippen LogP contribution in [-0.4, -0.2) is 76.4 Å². The van der Waals surface area contributed by atoms with Gasteiger partial charge in [0, 0.05) is 46.0 Å². The molecule has 0 bridgehead atoms. The number of benzene rings is 1. The van der Waals surface area contributed by atoms with Crippen LogP contribution >= 0.6 is 0 Å². The second-order valence-corrected chi connectivity index (χ2v) is 8.55. The topological polar surface area (TPSA) is 49.3 Å². The fourth-order valence-electron chi connectivity index (χ4n) is 4.70.